The van der Waals surface area contributed by atoms with E-state index in [0.29, 0.717) is 6.04 Å². The second-order valence-electron chi connectivity index (χ2n) is 8.94. The first-order valence-electron chi connectivity index (χ1n) is 12.0. The van der Waals surface area contributed by atoms with E-state index in [4.69, 9.17) is 0 Å². The monoisotopic (exact) mass is 451 g/mol. The van der Waals surface area contributed by atoms with Crippen LogP contribution in [0.3, 0.4) is 0 Å². The summed E-state index contributed by atoms with van der Waals surface area (Å²) in [7, 11) is 0. The molecule has 1 aliphatic heterocycles. The summed E-state index contributed by atoms with van der Waals surface area (Å²) < 4.78 is 0. The molecule has 8 nitrogen and oxygen atoms in total. The number of anilines is 2. The summed E-state index contributed by atoms with van der Waals surface area (Å²) in [5.41, 5.74) is 1.86. The summed E-state index contributed by atoms with van der Waals surface area (Å²) in [5.74, 6) is 0. The SMILES string of the molecule is O=C(Nc1ccccc1)N[C@@H]1CCCC[C@H]1N(c1ccc([N+](=O)[O-])cc1)[C@H]1CCCNCC1. The highest BCUT2D eigenvalue weighted by Crippen LogP contribution is 2.33. The lowest BCUT2D eigenvalue weighted by Crippen LogP contribution is -2.57. The minimum atomic E-state index is -0.359. The Bertz CT molecular complexity index is 913. The molecule has 2 aromatic rings. The van der Waals surface area contributed by atoms with Crippen LogP contribution in [0.4, 0.5) is 21.9 Å². The number of nitro groups is 1. The molecule has 2 fully saturated rings. The standard InChI is InChI=1S/C25H33N5O3/c31-25(27-19-7-2-1-3-8-19)28-23-10-4-5-11-24(23)29(20-9-6-17-26-18-16-20)21-12-14-22(15-13-21)30(32)33/h1-3,7-8,12-15,20,23-24,26H,4-6,9-11,16-18H2,(H2,27,28,31)/t20-,23+,24+/m0/s1. The lowest BCUT2D eigenvalue weighted by Gasteiger charge is -2.45. The second kappa shape index (κ2) is 11.1. The van der Waals surface area contributed by atoms with Gasteiger partial charge in [-0.05, 0) is 69.5 Å². The van der Waals surface area contributed by atoms with Crippen LogP contribution < -0.4 is 20.9 Å². The Morgan fingerprint density at radius 1 is 0.939 bits per heavy atom. The Kier molecular flexibility index (Phi) is 7.78. The maximum absolute atomic E-state index is 12.8. The number of urea groups is 1. The average Bonchev–Trinajstić information content (AvgIpc) is 3.11. The largest absolute Gasteiger partial charge is 0.363 e. The number of nitrogens with one attached hydrogen (secondary N) is 3. The fraction of sp³-hybridized carbons (Fsp3) is 0.480. The van der Waals surface area contributed by atoms with Gasteiger partial charge in [0.1, 0.15) is 0 Å². The van der Waals surface area contributed by atoms with Gasteiger partial charge in [-0.2, -0.15) is 0 Å². The van der Waals surface area contributed by atoms with Crippen LogP contribution in [0, 0.1) is 10.1 Å². The topological polar surface area (TPSA) is 99.5 Å². The molecule has 2 aromatic carbocycles. The Labute approximate surface area is 194 Å². The van der Waals surface area contributed by atoms with Gasteiger partial charge in [0.05, 0.1) is 11.0 Å². The average molecular weight is 452 g/mol. The van der Waals surface area contributed by atoms with Crippen LogP contribution in [-0.4, -0.2) is 42.2 Å². The molecule has 4 rings (SSSR count). The summed E-state index contributed by atoms with van der Waals surface area (Å²) in [6, 6.07) is 16.7. The number of carbonyl (C=O) groups excluding carboxylic acids is 1. The van der Waals surface area contributed by atoms with Crippen LogP contribution in [0.1, 0.15) is 44.9 Å². The van der Waals surface area contributed by atoms with E-state index in [1.165, 1.54) is 0 Å². The van der Waals surface area contributed by atoms with Gasteiger partial charge < -0.3 is 20.9 Å². The maximum Gasteiger partial charge on any atom is 0.319 e. The number of para-hydroxylation sites is 1. The number of nitro benzene ring substituents is 1. The third kappa shape index (κ3) is 6.01. The lowest BCUT2D eigenvalue weighted by molar-refractivity contribution is -0.384. The van der Waals surface area contributed by atoms with Gasteiger partial charge in [-0.15, -0.1) is 0 Å². The van der Waals surface area contributed by atoms with E-state index >= 15 is 0 Å². The van der Waals surface area contributed by atoms with Gasteiger partial charge in [-0.25, -0.2) is 4.79 Å². The van der Waals surface area contributed by atoms with Crippen LogP contribution in [-0.2, 0) is 0 Å². The molecule has 0 aromatic heterocycles. The zero-order chi connectivity index (χ0) is 23.0. The molecule has 0 bridgehead atoms. The van der Waals surface area contributed by atoms with E-state index in [1.807, 2.05) is 42.5 Å². The van der Waals surface area contributed by atoms with Crippen LogP contribution >= 0.6 is 0 Å². The maximum atomic E-state index is 12.8. The van der Waals surface area contributed by atoms with E-state index in [9.17, 15) is 14.9 Å². The number of amides is 2. The molecular formula is C25H33N5O3. The van der Waals surface area contributed by atoms with E-state index in [1.54, 1.807) is 12.1 Å². The van der Waals surface area contributed by atoms with E-state index in [-0.39, 0.29) is 28.7 Å². The Hall–Kier alpha value is -3.13. The van der Waals surface area contributed by atoms with Gasteiger partial charge in [0, 0.05) is 35.6 Å². The van der Waals surface area contributed by atoms with Crippen LogP contribution in [0.25, 0.3) is 0 Å². The highest BCUT2D eigenvalue weighted by molar-refractivity contribution is 5.89. The van der Waals surface area contributed by atoms with Crippen molar-refractivity contribution < 1.29 is 9.72 Å². The lowest BCUT2D eigenvalue weighted by atomic mass is 9.87. The van der Waals surface area contributed by atoms with Crippen molar-refractivity contribution in [1.82, 2.24) is 10.6 Å². The molecule has 2 amide bonds. The zero-order valence-corrected chi connectivity index (χ0v) is 18.9. The smallest absolute Gasteiger partial charge is 0.319 e. The third-order valence-electron chi connectivity index (χ3n) is 6.73. The molecule has 1 saturated carbocycles. The van der Waals surface area contributed by atoms with Crippen LogP contribution in [0.5, 0.6) is 0 Å². The van der Waals surface area contributed by atoms with Crippen molar-refractivity contribution in [1.29, 1.82) is 0 Å². The number of rotatable bonds is 6. The first-order chi connectivity index (χ1) is 16.1. The number of non-ortho nitro benzene ring substituents is 1. The molecule has 2 aliphatic rings. The summed E-state index contributed by atoms with van der Waals surface area (Å²) in [5, 5.41) is 20.8. The molecule has 1 heterocycles. The Morgan fingerprint density at radius 3 is 2.45 bits per heavy atom. The van der Waals surface area contributed by atoms with Crippen LogP contribution in [0.15, 0.2) is 54.6 Å². The number of nitrogens with zero attached hydrogens (tertiary/aromatic N) is 2. The first-order valence-corrected chi connectivity index (χ1v) is 12.0. The van der Waals surface area contributed by atoms with E-state index in [2.05, 4.69) is 20.9 Å². The van der Waals surface area contributed by atoms with Gasteiger partial charge in [-0.3, -0.25) is 10.1 Å². The molecule has 1 saturated heterocycles. The highest BCUT2D eigenvalue weighted by atomic mass is 16.6. The van der Waals surface area contributed by atoms with Gasteiger partial charge in [-0.1, -0.05) is 31.0 Å². The van der Waals surface area contributed by atoms with Gasteiger partial charge in [0.25, 0.3) is 5.69 Å². The van der Waals surface area contributed by atoms with Crippen LogP contribution in [0.2, 0.25) is 0 Å². The minimum Gasteiger partial charge on any atom is -0.363 e. The molecule has 0 spiro atoms. The highest BCUT2D eigenvalue weighted by Gasteiger charge is 2.35. The zero-order valence-electron chi connectivity index (χ0n) is 18.9. The summed E-state index contributed by atoms with van der Waals surface area (Å²) in [4.78, 5) is 26.1. The molecule has 33 heavy (non-hydrogen) atoms. The van der Waals surface area contributed by atoms with Gasteiger partial charge in [0.15, 0.2) is 0 Å². The van der Waals surface area contributed by atoms with Crippen molar-refractivity contribution in [2.75, 3.05) is 23.3 Å². The van der Waals surface area contributed by atoms with Crippen molar-refractivity contribution in [2.45, 2.75) is 63.1 Å². The first kappa shape index (κ1) is 23.0. The molecule has 0 unspecified atom stereocenters. The fourth-order valence-electron chi connectivity index (χ4n) is 5.17. The quantitative estimate of drug-likeness (QED) is 0.438. The van der Waals surface area contributed by atoms with Gasteiger partial charge >= 0.3 is 6.03 Å². The van der Waals surface area contributed by atoms with E-state index < -0.39 is 0 Å². The fourth-order valence-corrected chi connectivity index (χ4v) is 5.17. The van der Waals surface area contributed by atoms with Crippen molar-refractivity contribution in [3.8, 4) is 0 Å². The number of carbonyl (C=O) groups is 1. The molecular weight excluding hydrogens is 418 g/mol. The molecule has 8 heteroatoms. The molecule has 0 radical (unpaired) electrons. The molecule has 1 aliphatic carbocycles. The van der Waals surface area contributed by atoms with Crippen molar-refractivity contribution in [3.05, 3.63) is 64.7 Å². The summed E-state index contributed by atoms with van der Waals surface area (Å²) >= 11 is 0. The molecule has 3 N–H and O–H groups in total. The molecule has 176 valence electrons. The normalized spacial score (nSPS) is 23.2. The number of benzene rings is 2. The summed E-state index contributed by atoms with van der Waals surface area (Å²) in [6.45, 7) is 1.96. The van der Waals surface area contributed by atoms with Crippen molar-refractivity contribution in [3.63, 3.8) is 0 Å². The minimum absolute atomic E-state index is 0.00821. The Balaban J connectivity index is 1.57. The predicted octanol–water partition coefficient (Wildman–Crippen LogP) is 4.68. The molecule has 3 atom stereocenters. The van der Waals surface area contributed by atoms with Crippen molar-refractivity contribution in [2.24, 2.45) is 0 Å². The van der Waals surface area contributed by atoms with Crippen molar-refractivity contribution >= 4 is 23.1 Å². The Morgan fingerprint density at radius 2 is 1.70 bits per heavy atom. The summed E-state index contributed by atoms with van der Waals surface area (Å²) in [6.07, 6.45) is 7.25. The third-order valence-corrected chi connectivity index (χ3v) is 6.73. The second-order valence-corrected chi connectivity index (χ2v) is 8.94. The number of hydrogen-bond donors (Lipinski definition) is 3. The van der Waals surface area contributed by atoms with Gasteiger partial charge in [0.2, 0.25) is 0 Å². The number of hydrogen-bond acceptors (Lipinski definition) is 5. The van der Waals surface area contributed by atoms with E-state index in [0.717, 1.165) is 69.4 Å². The predicted molar refractivity (Wildman–Crippen MR) is 131 cm³/mol.